The smallest absolute Gasteiger partial charge is 0.149 e. The van der Waals surface area contributed by atoms with Crippen molar-refractivity contribution in [3.8, 4) is 0 Å². The molecule has 108 valence electrons. The Morgan fingerprint density at radius 3 is 2.55 bits per heavy atom. The summed E-state index contributed by atoms with van der Waals surface area (Å²) in [4.78, 5) is 13.5. The molecule has 0 radical (unpaired) electrons. The second-order valence-corrected chi connectivity index (χ2v) is 6.85. The highest BCUT2D eigenvalue weighted by atomic mass is 35.5. The summed E-state index contributed by atoms with van der Waals surface area (Å²) in [5.74, 6) is 2.93. The summed E-state index contributed by atoms with van der Waals surface area (Å²) in [5, 5.41) is 0.484. The maximum atomic E-state index is 5.93. The van der Waals surface area contributed by atoms with Gasteiger partial charge in [-0.25, -0.2) is 4.98 Å². The van der Waals surface area contributed by atoms with Gasteiger partial charge in [0.15, 0.2) is 0 Å². The van der Waals surface area contributed by atoms with Crippen LogP contribution in [0, 0.1) is 11.8 Å². The molecule has 2 heterocycles. The third-order valence-corrected chi connectivity index (χ3v) is 5.58. The topological polar surface area (TPSA) is 32.3 Å². The number of aromatic nitrogens is 2. The van der Waals surface area contributed by atoms with Crippen LogP contribution in [0.2, 0.25) is 5.15 Å². The van der Waals surface area contributed by atoms with Crippen molar-refractivity contribution in [1.82, 2.24) is 14.9 Å². The van der Waals surface area contributed by atoms with Gasteiger partial charge in [-0.2, -0.15) is 0 Å². The van der Waals surface area contributed by atoms with E-state index in [1.54, 1.807) is 6.20 Å². The van der Waals surface area contributed by atoms with Crippen molar-refractivity contribution < 1.29 is 0 Å². The fraction of sp³-hybridized carbons (Fsp3) is 0.733. The minimum absolute atomic E-state index is 0.484. The highest BCUT2D eigenvalue weighted by Gasteiger charge is 2.42. The first-order chi connectivity index (χ1) is 9.79. The lowest BCUT2D eigenvalue weighted by Crippen LogP contribution is -2.52. The number of anilines is 1. The second kappa shape index (κ2) is 5.15. The van der Waals surface area contributed by atoms with Crippen LogP contribution in [0.5, 0.6) is 0 Å². The molecule has 0 spiro atoms. The fourth-order valence-corrected chi connectivity index (χ4v) is 4.57. The SMILES string of the molecule is Clc1cncc(N2CCN(C3CC4CCC3C4)CC2)n1. The first kappa shape index (κ1) is 12.8. The maximum Gasteiger partial charge on any atom is 0.149 e. The number of piperazine rings is 1. The maximum absolute atomic E-state index is 5.93. The van der Waals surface area contributed by atoms with E-state index in [-0.39, 0.29) is 0 Å². The number of nitrogens with zero attached hydrogens (tertiary/aromatic N) is 4. The number of hydrogen-bond donors (Lipinski definition) is 0. The van der Waals surface area contributed by atoms with Gasteiger partial charge in [0.2, 0.25) is 0 Å². The first-order valence-corrected chi connectivity index (χ1v) is 8.14. The molecule has 0 N–H and O–H groups in total. The average Bonchev–Trinajstić information content (AvgIpc) is 3.10. The summed E-state index contributed by atoms with van der Waals surface area (Å²) < 4.78 is 0. The van der Waals surface area contributed by atoms with Crippen molar-refractivity contribution in [3.05, 3.63) is 17.5 Å². The Morgan fingerprint density at radius 1 is 1.05 bits per heavy atom. The molecule has 0 amide bonds. The molecule has 4 nitrogen and oxygen atoms in total. The molecule has 1 aliphatic heterocycles. The average molecular weight is 293 g/mol. The molecule has 3 atom stereocenters. The highest BCUT2D eigenvalue weighted by molar-refractivity contribution is 6.29. The van der Waals surface area contributed by atoms with Gasteiger partial charge in [0.05, 0.1) is 12.4 Å². The van der Waals surface area contributed by atoms with Gasteiger partial charge < -0.3 is 4.90 Å². The van der Waals surface area contributed by atoms with E-state index in [1.807, 2.05) is 6.20 Å². The van der Waals surface area contributed by atoms with Crippen molar-refractivity contribution in [2.75, 3.05) is 31.1 Å². The Kier molecular flexibility index (Phi) is 3.31. The number of halogens is 1. The van der Waals surface area contributed by atoms with Crippen LogP contribution in [0.3, 0.4) is 0 Å². The molecular weight excluding hydrogens is 272 g/mol. The Balaban J connectivity index is 1.38. The van der Waals surface area contributed by atoms with Gasteiger partial charge in [0.25, 0.3) is 0 Å². The third-order valence-electron chi connectivity index (χ3n) is 5.40. The Hall–Kier alpha value is -0.870. The summed E-state index contributed by atoms with van der Waals surface area (Å²) in [5.41, 5.74) is 0. The lowest BCUT2D eigenvalue weighted by molar-refractivity contribution is 0.134. The summed E-state index contributed by atoms with van der Waals surface area (Å²) in [7, 11) is 0. The van der Waals surface area contributed by atoms with Crippen molar-refractivity contribution in [1.29, 1.82) is 0 Å². The molecule has 1 aromatic heterocycles. The molecule has 1 aromatic rings. The number of fused-ring (bicyclic) bond motifs is 2. The number of hydrogen-bond acceptors (Lipinski definition) is 4. The fourth-order valence-electron chi connectivity index (χ4n) is 4.43. The van der Waals surface area contributed by atoms with Crippen LogP contribution < -0.4 is 4.90 Å². The molecule has 2 aliphatic carbocycles. The van der Waals surface area contributed by atoms with Crippen molar-refractivity contribution in [2.45, 2.75) is 31.7 Å². The van der Waals surface area contributed by atoms with Crippen LogP contribution in [0.1, 0.15) is 25.7 Å². The quantitative estimate of drug-likeness (QED) is 0.838. The van der Waals surface area contributed by atoms with Crippen LogP contribution in [0.15, 0.2) is 12.4 Å². The van der Waals surface area contributed by atoms with E-state index in [2.05, 4.69) is 19.8 Å². The van der Waals surface area contributed by atoms with Crippen molar-refractivity contribution in [2.24, 2.45) is 11.8 Å². The van der Waals surface area contributed by atoms with E-state index in [1.165, 1.54) is 25.7 Å². The van der Waals surface area contributed by atoms with Gasteiger partial charge in [-0.05, 0) is 31.1 Å². The molecule has 2 bridgehead atoms. The van der Waals surface area contributed by atoms with Gasteiger partial charge in [-0.15, -0.1) is 0 Å². The van der Waals surface area contributed by atoms with Gasteiger partial charge in [0.1, 0.15) is 11.0 Å². The Labute approximate surface area is 125 Å². The summed E-state index contributed by atoms with van der Waals surface area (Å²) >= 11 is 5.93. The van der Waals surface area contributed by atoms with Gasteiger partial charge >= 0.3 is 0 Å². The standard InChI is InChI=1S/C15H21ClN4/c16-14-9-17-10-15(18-14)20-5-3-19(4-6-20)13-8-11-1-2-12(13)7-11/h9-13H,1-8H2. The second-order valence-electron chi connectivity index (χ2n) is 6.47. The molecule has 3 fully saturated rings. The molecule has 0 aromatic carbocycles. The summed E-state index contributed by atoms with van der Waals surface area (Å²) in [6.07, 6.45) is 9.30. The van der Waals surface area contributed by atoms with Gasteiger partial charge in [-0.3, -0.25) is 9.88 Å². The van der Waals surface area contributed by atoms with Crippen LogP contribution in [-0.2, 0) is 0 Å². The minimum atomic E-state index is 0.484. The molecular formula is C15H21ClN4. The van der Waals surface area contributed by atoms with Crippen molar-refractivity contribution in [3.63, 3.8) is 0 Å². The first-order valence-electron chi connectivity index (χ1n) is 7.76. The van der Waals surface area contributed by atoms with Gasteiger partial charge in [0, 0.05) is 32.2 Å². The van der Waals surface area contributed by atoms with E-state index < -0.39 is 0 Å². The highest BCUT2D eigenvalue weighted by Crippen LogP contribution is 2.46. The molecule has 3 unspecified atom stereocenters. The van der Waals surface area contributed by atoms with E-state index in [0.717, 1.165) is 49.9 Å². The van der Waals surface area contributed by atoms with Crippen molar-refractivity contribution >= 4 is 17.4 Å². The van der Waals surface area contributed by atoms with E-state index in [9.17, 15) is 0 Å². The normalized spacial score (nSPS) is 33.9. The van der Waals surface area contributed by atoms with Crippen LogP contribution in [-0.4, -0.2) is 47.1 Å². The molecule has 2 saturated carbocycles. The molecule has 1 saturated heterocycles. The Morgan fingerprint density at radius 2 is 1.90 bits per heavy atom. The van der Waals surface area contributed by atoms with E-state index in [4.69, 9.17) is 11.6 Å². The molecule has 3 aliphatic rings. The summed E-state index contributed by atoms with van der Waals surface area (Å²) in [6.45, 7) is 4.40. The molecule has 5 heteroatoms. The number of rotatable bonds is 2. The zero-order valence-corrected chi connectivity index (χ0v) is 12.5. The lowest BCUT2D eigenvalue weighted by Gasteiger charge is -2.41. The molecule has 20 heavy (non-hydrogen) atoms. The predicted molar refractivity (Wildman–Crippen MR) is 80.1 cm³/mol. The summed E-state index contributed by atoms with van der Waals surface area (Å²) in [6, 6.07) is 0.862. The van der Waals surface area contributed by atoms with Crippen LogP contribution in [0.4, 0.5) is 5.82 Å². The third kappa shape index (κ3) is 2.29. The zero-order chi connectivity index (χ0) is 13.5. The Bertz CT molecular complexity index is 487. The van der Waals surface area contributed by atoms with Crippen LogP contribution >= 0.6 is 11.6 Å². The van der Waals surface area contributed by atoms with E-state index in [0.29, 0.717) is 5.15 Å². The monoisotopic (exact) mass is 292 g/mol. The van der Waals surface area contributed by atoms with Crippen LogP contribution in [0.25, 0.3) is 0 Å². The molecule has 4 rings (SSSR count). The minimum Gasteiger partial charge on any atom is -0.353 e. The zero-order valence-electron chi connectivity index (χ0n) is 11.7. The van der Waals surface area contributed by atoms with E-state index >= 15 is 0 Å². The predicted octanol–water partition coefficient (Wildman–Crippen LogP) is 2.44. The largest absolute Gasteiger partial charge is 0.353 e. The lowest BCUT2D eigenvalue weighted by atomic mass is 9.93. The van der Waals surface area contributed by atoms with Gasteiger partial charge in [-0.1, -0.05) is 18.0 Å².